The van der Waals surface area contributed by atoms with Crippen LogP contribution in [-0.4, -0.2) is 294 Å². The van der Waals surface area contributed by atoms with Crippen LogP contribution < -0.4 is 74.0 Å². The number of aliphatic hydroxyl groups is 10. The fraction of sp³-hybridized carbons (Fsp3) is 0.448. The van der Waals surface area contributed by atoms with Gasteiger partial charge in [0.1, 0.15) is 116 Å². The second kappa shape index (κ2) is 36.0. The highest BCUT2D eigenvalue weighted by molar-refractivity contribution is 7.71. The minimum Gasteiger partial charge on any atom is -0.394 e. The van der Waals surface area contributed by atoms with Gasteiger partial charge in [-0.15, -0.1) is 0 Å². The molecule has 0 amide bonds. The third-order valence-electron chi connectivity index (χ3n) is 18.6. The molecule has 0 bridgehead atoms. The summed E-state index contributed by atoms with van der Waals surface area (Å²) in [5, 5.41) is 99.8. The Hall–Kier alpha value is -11.9. The summed E-state index contributed by atoms with van der Waals surface area (Å²) in [5.74, 6) is 20.1. The van der Waals surface area contributed by atoms with Crippen molar-refractivity contribution in [2.24, 2.45) is 28.7 Å². The van der Waals surface area contributed by atoms with Gasteiger partial charge < -0.3 is 142 Å². The van der Waals surface area contributed by atoms with Crippen molar-refractivity contribution in [1.29, 1.82) is 0 Å². The molecule has 34 N–H and O–H groups in total. The number of aliphatic hydroxyl groups excluding tert-OH is 5. The minimum absolute atomic E-state index is 0.0192. The van der Waals surface area contributed by atoms with Gasteiger partial charge in [0, 0.05) is 12.4 Å². The highest BCUT2D eigenvalue weighted by Gasteiger charge is 2.59. The van der Waals surface area contributed by atoms with Gasteiger partial charge in [-0.2, -0.15) is 19.9 Å². The second-order valence-electron chi connectivity index (χ2n) is 25.8. The lowest BCUT2D eigenvalue weighted by Gasteiger charge is -2.28. The smallest absolute Gasteiger partial charge is 0.280 e. The molecule has 5 saturated heterocycles. The van der Waals surface area contributed by atoms with Gasteiger partial charge in [0.2, 0.25) is 23.8 Å². The number of anilines is 5. The van der Waals surface area contributed by atoms with Crippen LogP contribution in [0.25, 0.3) is 55.6 Å². The molecule has 0 spiro atoms. The molecule has 46 nitrogen and oxygen atoms in total. The predicted molar refractivity (Wildman–Crippen MR) is 407 cm³/mol. The maximum atomic E-state index is 14.3. The predicted octanol–water partition coefficient (Wildman–Crippen LogP) is -8.46. The molecule has 10 aromatic heterocycles. The van der Waals surface area contributed by atoms with E-state index in [1.54, 1.807) is 0 Å². The number of aromatic nitrogens is 18. The van der Waals surface area contributed by atoms with Crippen LogP contribution in [0.2, 0.25) is 0 Å². The van der Waals surface area contributed by atoms with Crippen molar-refractivity contribution in [3.8, 4) is 59.2 Å². The summed E-state index contributed by atoms with van der Waals surface area (Å²) in [6.45, 7) is -20.2. The van der Waals surface area contributed by atoms with Crippen molar-refractivity contribution < 1.29 is 115 Å². The van der Waals surface area contributed by atoms with E-state index in [2.05, 4.69) is 118 Å². The van der Waals surface area contributed by atoms with Gasteiger partial charge in [-0.3, -0.25) is 47.6 Å². The van der Waals surface area contributed by atoms with Crippen molar-refractivity contribution in [1.82, 2.24) is 87.6 Å². The van der Waals surface area contributed by atoms with Gasteiger partial charge in [0.15, 0.2) is 103 Å². The molecule has 15 heterocycles. The average molecular weight is 1720 g/mol. The van der Waals surface area contributed by atoms with Gasteiger partial charge in [0.25, 0.3) is 16.7 Å². The number of hydrogen-bond donors (Lipinski definition) is 24. The molecule has 0 aromatic carbocycles. The first-order valence-electron chi connectivity index (χ1n) is 38.8. The van der Waals surface area contributed by atoms with Crippen molar-refractivity contribution in [2.45, 2.75) is 120 Å². The molecular formula is C67H76F6N28O18S. The molecular weight excluding hydrogens is 1630 g/mol. The maximum Gasteiger partial charge on any atom is 0.280 e. The van der Waals surface area contributed by atoms with Crippen LogP contribution in [-0.2, 0) is 23.7 Å². The number of nitrogens with one attached hydrogen (secondary N) is 4. The second-order valence-corrected chi connectivity index (χ2v) is 26.2. The number of nitrogens with two attached hydrogens (primary N) is 10. The highest BCUT2D eigenvalue weighted by atomic mass is 32.1. The summed E-state index contributed by atoms with van der Waals surface area (Å²) in [5.41, 5.74) is 46.7. The van der Waals surface area contributed by atoms with E-state index in [0.29, 0.717) is 5.52 Å². The molecule has 5 fully saturated rings. The van der Waals surface area contributed by atoms with Crippen LogP contribution in [0.5, 0.6) is 0 Å². The number of nitrogen functional groups attached to an aromatic ring is 5. The molecule has 5 aliphatic heterocycles. The van der Waals surface area contributed by atoms with Gasteiger partial charge >= 0.3 is 0 Å². The van der Waals surface area contributed by atoms with Gasteiger partial charge in [-0.25, -0.2) is 51.3 Å². The Bertz CT molecular complexity index is 6190. The van der Waals surface area contributed by atoms with E-state index in [9.17, 15) is 91.8 Å². The first-order valence-corrected chi connectivity index (χ1v) is 34.2. The lowest BCUT2D eigenvalue weighted by atomic mass is 9.91. The first-order chi connectivity index (χ1) is 60.5. The van der Waals surface area contributed by atoms with E-state index in [0.717, 1.165) is 21.7 Å². The first kappa shape index (κ1) is 75.6. The van der Waals surface area contributed by atoms with E-state index >= 15 is 0 Å². The SMILES string of the molecule is [2H]C([2H])(O)[C@H]1O[C@@H](n2cc(F)c3c(=O)[nH]c(N)nc32)C(N)(C#CCF)[C@H]1O.[2H]C([2H])(O)[C@H]1O[C@@H](n2ccc3c(=O)[nH]c(N)nc32)C(N)(C#CCF)[C@H]1O.[2H]C([2H])(O)[C@H]1O[C@@H](n2cnc3c(=O)[nH]c(N)nc32)C(N)(C#CCF)[C@H]1O.[2H]C([2H])(O)[C@H]1O[C@@H](n2cnc3c(=S)nc(N)[nH]c32)C(N)(C#CCF)[C@H]1O.[2H]C([2H])(O)[C@H]1O[C@@H](n2cnc3cnc(N)nc32)C(N)(C#CCF)[C@H]1O. The number of aromatic amines is 4. The highest BCUT2D eigenvalue weighted by Crippen LogP contribution is 2.43. The largest absolute Gasteiger partial charge is 0.394 e. The number of ether oxygens (including phenoxy) is 5. The Morgan fingerprint density at radius 3 is 1.25 bits per heavy atom. The minimum atomic E-state index is -3.05. The molecule has 0 aliphatic carbocycles. The Labute approximate surface area is 685 Å². The fourth-order valence-electron chi connectivity index (χ4n) is 13.0. The molecule has 53 heteroatoms. The number of nitrogens with zero attached hydrogens (tertiary/aromatic N) is 14. The van der Waals surface area contributed by atoms with Crippen molar-refractivity contribution in [3.05, 3.63) is 85.2 Å². The summed E-state index contributed by atoms with van der Waals surface area (Å²) in [7, 11) is 0. The molecule has 0 saturated carbocycles. The number of H-pyrrole nitrogens is 4. The molecule has 15 rings (SSSR count). The van der Waals surface area contributed by atoms with Crippen LogP contribution in [0.3, 0.4) is 0 Å². The van der Waals surface area contributed by atoms with Crippen LogP contribution >= 0.6 is 12.2 Å². The summed E-state index contributed by atoms with van der Waals surface area (Å²) in [6, 6.07) is 1.39. The molecule has 640 valence electrons. The van der Waals surface area contributed by atoms with E-state index in [1.165, 1.54) is 44.8 Å². The van der Waals surface area contributed by atoms with Gasteiger partial charge in [-0.1, -0.05) is 71.4 Å². The summed E-state index contributed by atoms with van der Waals surface area (Å²) in [4.78, 5) is 80.6. The van der Waals surface area contributed by atoms with E-state index in [-0.39, 0.29) is 79.0 Å². The van der Waals surface area contributed by atoms with Crippen LogP contribution in [0.1, 0.15) is 44.8 Å². The number of fused-ring (bicyclic) bond motifs is 5. The van der Waals surface area contributed by atoms with E-state index in [1.807, 2.05) is 5.92 Å². The van der Waals surface area contributed by atoms with Crippen LogP contribution in [0, 0.1) is 69.7 Å². The third kappa shape index (κ3) is 16.3. The Morgan fingerprint density at radius 2 is 0.808 bits per heavy atom. The maximum absolute atomic E-state index is 14.3. The van der Waals surface area contributed by atoms with Gasteiger partial charge in [-0.05, 0) is 6.07 Å². The topological polar surface area (TPSA) is 764 Å². The zero-order valence-electron chi connectivity index (χ0n) is 70.7. The van der Waals surface area contributed by atoms with Crippen molar-refractivity contribution in [3.63, 3.8) is 0 Å². The fourth-order valence-corrected chi connectivity index (χ4v) is 13.3. The number of imidazole rings is 3. The molecule has 5 unspecified atom stereocenters. The van der Waals surface area contributed by atoms with E-state index in [4.69, 9.17) is 107 Å². The van der Waals surface area contributed by atoms with Crippen LogP contribution in [0.15, 0.2) is 58.0 Å². The Balaban J connectivity index is 0.000000157. The normalized spacial score (nSPS) is 31.4. The van der Waals surface area contributed by atoms with Gasteiger partial charge in [0.05, 0.1) is 77.1 Å². The molecule has 10 aromatic rings. The Kier molecular flexibility index (Phi) is 22.6. The standard InChI is InChI=1S/C14H15F2N5O4.C14H16FN5O4.C13H15FN6O4.C13H15FN6O3S.C13H15FN6O3/c15-3-1-2-14(18)9(23)7(5-22)25-12(14)21-4-6(16)8-10(21)19-13(17)20-11(8)24;15-4-1-3-14(17)9(22)8(6-21)24-12(14)20-5-2-7-10(20)18-13(16)19-11(7)23;14-3-1-2-13(16)8(22)6(4-21)24-11(13)20-5-17-7-9(20)18-12(15)19-10(7)23;14-3-1-2-13(16)8(22)6(4-21)23-11(13)20-5-17-7-9(20)18-12(15)19-10(7)24;14-3-1-2-13(16)9(22)8(5-21)23-11(13)20-6-18-7-4-17-12(15)19-10(7)20/h4,7,9,12,22-23H,3,5,18H2,(H3,17,19,20,24);2,5,8-9,12,21-22H,4,6,17H2,(H3,16,18,19,23);5-6,8,11,21-22H,3-4,16H2,(H3,15,18,19,23);5-6,8,11,21-22H,3-4,16H2,(H3,15,18,19,24);4,6,8-9,11,21-22H,3,5,16H2,(H2,15,17,19)/t7-,9+,12-,14?;8-,9+,12-,14?;2*6-,8+,11-,13?;8-,9+,11-,13?/m11111/s1/i5D2;6D2;2*4D2;5D2. The van der Waals surface area contributed by atoms with Crippen LogP contribution in [0.4, 0.5) is 56.1 Å². The molecule has 5 aliphatic rings. The quantitative estimate of drug-likeness (QED) is 0.0343. The number of rotatable bonds is 10. The average Bonchev–Trinajstić information content (AvgIpc) is 1.59. The third-order valence-corrected chi connectivity index (χ3v) is 18.8. The lowest BCUT2D eigenvalue weighted by Crippen LogP contribution is -2.53. The zero-order chi connectivity index (χ0) is 96.4. The zero-order valence-corrected chi connectivity index (χ0v) is 61.5. The summed E-state index contributed by atoms with van der Waals surface area (Å²) < 4.78 is 184. The number of alkyl halides is 5. The lowest BCUT2D eigenvalue weighted by molar-refractivity contribution is -0.0447. The number of halogens is 6. The monoisotopic (exact) mass is 1720 g/mol. The molecule has 120 heavy (non-hydrogen) atoms. The molecule has 20 atom stereocenters. The van der Waals surface area contributed by atoms with Crippen molar-refractivity contribution in [2.75, 3.05) is 94.8 Å². The molecule has 0 radical (unpaired) electrons. The summed E-state index contributed by atoms with van der Waals surface area (Å²) >= 11 is 5.08. The Morgan fingerprint density at radius 1 is 0.450 bits per heavy atom. The van der Waals surface area contributed by atoms with Crippen molar-refractivity contribution >= 4 is 97.5 Å². The van der Waals surface area contributed by atoms with E-state index < -0.39 is 214 Å². The number of hydrogen-bond acceptors (Lipinski definition) is 38. The summed E-state index contributed by atoms with van der Waals surface area (Å²) in [6.07, 6.45) is -18.0.